The van der Waals surface area contributed by atoms with Crippen molar-refractivity contribution in [3.05, 3.63) is 59.7 Å². The van der Waals surface area contributed by atoms with Crippen LogP contribution in [-0.4, -0.2) is 65.5 Å². The number of benzene rings is 2. The average molecular weight is 598 g/mol. The van der Waals surface area contributed by atoms with Gasteiger partial charge in [-0.2, -0.15) is 0 Å². The van der Waals surface area contributed by atoms with Crippen molar-refractivity contribution >= 4 is 23.8 Å². The van der Waals surface area contributed by atoms with Crippen LogP contribution in [0.5, 0.6) is 11.5 Å². The zero-order valence-corrected chi connectivity index (χ0v) is 27.0. The van der Waals surface area contributed by atoms with Gasteiger partial charge in [0.2, 0.25) is 5.91 Å². The van der Waals surface area contributed by atoms with Gasteiger partial charge in [0.25, 0.3) is 5.91 Å². The number of rotatable bonds is 11. The maximum atomic E-state index is 12.8. The number of aliphatic hydroxyl groups is 1. The molecule has 0 saturated heterocycles. The Balaban J connectivity index is 2.06. The monoisotopic (exact) mass is 597 g/mol. The number of likely N-dealkylation sites (N-methyl/N-ethyl adjacent to an activating group) is 1. The third kappa shape index (κ3) is 10.5. The normalized spacial score (nSPS) is 13.5. The molecule has 43 heavy (non-hydrogen) atoms. The molecule has 0 saturated carbocycles. The first-order chi connectivity index (χ1) is 19.7. The van der Waals surface area contributed by atoms with Crippen LogP contribution in [0.4, 0.5) is 0 Å². The minimum atomic E-state index is -1.01. The quantitative estimate of drug-likeness (QED) is 0.258. The van der Waals surface area contributed by atoms with Crippen LogP contribution in [0.25, 0.3) is 0 Å². The third-order valence-electron chi connectivity index (χ3n) is 6.76. The lowest BCUT2D eigenvalue weighted by molar-refractivity contribution is -0.145. The number of ether oxygens (including phenoxy) is 2. The highest BCUT2D eigenvalue weighted by Crippen LogP contribution is 2.34. The minimum Gasteiger partial charge on any atom is -0.422 e. The van der Waals surface area contributed by atoms with Crippen molar-refractivity contribution in [3.63, 3.8) is 0 Å². The second-order valence-electron chi connectivity index (χ2n) is 13.4. The van der Waals surface area contributed by atoms with E-state index in [1.54, 1.807) is 85.8 Å². The summed E-state index contributed by atoms with van der Waals surface area (Å²) in [7, 11) is 1.59. The largest absolute Gasteiger partial charge is 0.422 e. The molecule has 10 nitrogen and oxygen atoms in total. The Bertz CT molecular complexity index is 1290. The molecule has 0 aliphatic heterocycles. The molecule has 2 rings (SSSR count). The summed E-state index contributed by atoms with van der Waals surface area (Å²) in [5.41, 5.74) is -1.27. The number of carbonyl (C=O) groups excluding carboxylic acids is 4. The lowest BCUT2D eigenvalue weighted by Gasteiger charge is -2.30. The molecule has 3 N–H and O–H groups in total. The molecule has 0 heterocycles. The van der Waals surface area contributed by atoms with Gasteiger partial charge in [0, 0.05) is 31.2 Å². The van der Waals surface area contributed by atoms with Gasteiger partial charge in [-0.15, -0.1) is 0 Å². The molecule has 0 spiro atoms. The van der Waals surface area contributed by atoms with Gasteiger partial charge in [0.05, 0.1) is 16.9 Å². The van der Waals surface area contributed by atoms with E-state index in [1.807, 2.05) is 19.9 Å². The maximum Gasteiger partial charge on any atom is 0.316 e. The van der Waals surface area contributed by atoms with Crippen LogP contribution in [0.2, 0.25) is 0 Å². The summed E-state index contributed by atoms with van der Waals surface area (Å²) >= 11 is 0. The fourth-order valence-corrected chi connectivity index (χ4v) is 3.55. The van der Waals surface area contributed by atoms with Gasteiger partial charge in [-0.05, 0) is 92.1 Å². The van der Waals surface area contributed by atoms with E-state index in [2.05, 4.69) is 10.6 Å². The summed E-state index contributed by atoms with van der Waals surface area (Å²) in [6.45, 7) is 16.0. The highest BCUT2D eigenvalue weighted by atomic mass is 16.6. The summed E-state index contributed by atoms with van der Waals surface area (Å²) in [4.78, 5) is 52.1. The van der Waals surface area contributed by atoms with Gasteiger partial charge in [-0.3, -0.25) is 19.2 Å². The molecule has 0 aliphatic rings. The van der Waals surface area contributed by atoms with Crippen molar-refractivity contribution in [2.24, 2.45) is 10.8 Å². The second-order valence-corrected chi connectivity index (χ2v) is 13.4. The standard InChI is InChI=1S/C33H47N3O7/c1-21(36(10)28(39)22-14-12-11-13-15-22)27(38)34-20-33(8,9)35-19-24(37)23-16-17-25(42-29(40)31(2,3)4)26(18-23)43-30(41)32(5,6)7/h11-18,21,24,35,37H,19-20H2,1-10H3,(H,34,38)/t21-,24?/m0/s1. The van der Waals surface area contributed by atoms with Gasteiger partial charge in [0.15, 0.2) is 11.5 Å². The number of carbonyl (C=O) groups is 4. The van der Waals surface area contributed by atoms with Crippen LogP contribution in [0, 0.1) is 10.8 Å². The summed E-state index contributed by atoms with van der Waals surface area (Å²) in [5, 5.41) is 17.1. The van der Waals surface area contributed by atoms with Gasteiger partial charge in [-0.1, -0.05) is 24.3 Å². The predicted molar refractivity (Wildman–Crippen MR) is 165 cm³/mol. The lowest BCUT2D eigenvalue weighted by Crippen LogP contribution is -2.53. The second kappa shape index (κ2) is 14.1. The van der Waals surface area contributed by atoms with Gasteiger partial charge < -0.3 is 30.1 Å². The van der Waals surface area contributed by atoms with Gasteiger partial charge in [-0.25, -0.2) is 0 Å². The molecule has 2 amide bonds. The van der Waals surface area contributed by atoms with Crippen LogP contribution in [0.1, 0.15) is 84.3 Å². The number of nitrogens with zero attached hydrogens (tertiary/aromatic N) is 1. The van der Waals surface area contributed by atoms with E-state index in [4.69, 9.17) is 9.47 Å². The Morgan fingerprint density at radius 3 is 1.91 bits per heavy atom. The number of esters is 2. The molecule has 2 atom stereocenters. The Morgan fingerprint density at radius 1 is 0.837 bits per heavy atom. The molecular weight excluding hydrogens is 550 g/mol. The van der Waals surface area contributed by atoms with E-state index in [1.165, 1.54) is 17.0 Å². The van der Waals surface area contributed by atoms with Crippen LogP contribution in [-0.2, 0) is 14.4 Å². The van der Waals surface area contributed by atoms with Crippen LogP contribution in [0.3, 0.4) is 0 Å². The fourth-order valence-electron chi connectivity index (χ4n) is 3.55. The van der Waals surface area contributed by atoms with Crippen molar-refractivity contribution < 1.29 is 33.8 Å². The predicted octanol–water partition coefficient (Wildman–Crippen LogP) is 4.27. The van der Waals surface area contributed by atoms with Crippen LogP contribution in [0.15, 0.2) is 48.5 Å². The molecule has 0 radical (unpaired) electrons. The first-order valence-electron chi connectivity index (χ1n) is 14.3. The molecule has 1 unspecified atom stereocenters. The minimum absolute atomic E-state index is 0.0313. The molecule has 10 heteroatoms. The van der Waals surface area contributed by atoms with E-state index in [0.29, 0.717) is 11.1 Å². The number of hydrogen-bond acceptors (Lipinski definition) is 8. The molecular formula is C33H47N3O7. The van der Waals surface area contributed by atoms with Gasteiger partial charge >= 0.3 is 11.9 Å². The van der Waals surface area contributed by atoms with E-state index >= 15 is 0 Å². The smallest absolute Gasteiger partial charge is 0.316 e. The van der Waals surface area contributed by atoms with E-state index in [9.17, 15) is 24.3 Å². The highest BCUT2D eigenvalue weighted by molar-refractivity contribution is 5.97. The number of hydrogen-bond donors (Lipinski definition) is 3. The van der Waals surface area contributed by atoms with Crippen molar-refractivity contribution in [1.29, 1.82) is 0 Å². The highest BCUT2D eigenvalue weighted by Gasteiger charge is 2.30. The molecule has 0 bridgehead atoms. The zero-order valence-electron chi connectivity index (χ0n) is 27.0. The fraction of sp³-hybridized carbons (Fsp3) is 0.515. The molecule has 236 valence electrons. The first kappa shape index (κ1) is 35.4. The van der Waals surface area contributed by atoms with E-state index in [-0.39, 0.29) is 36.4 Å². The number of nitrogens with one attached hydrogen (secondary N) is 2. The van der Waals surface area contributed by atoms with E-state index < -0.39 is 40.5 Å². The molecule has 2 aromatic carbocycles. The van der Waals surface area contributed by atoms with Crippen LogP contribution >= 0.6 is 0 Å². The summed E-state index contributed by atoms with van der Waals surface area (Å²) in [6, 6.07) is 12.6. The molecule has 0 aromatic heterocycles. The summed E-state index contributed by atoms with van der Waals surface area (Å²) in [6.07, 6.45) is -1.01. The topological polar surface area (TPSA) is 134 Å². The molecule has 0 aliphatic carbocycles. The summed E-state index contributed by atoms with van der Waals surface area (Å²) < 4.78 is 11.1. The third-order valence-corrected chi connectivity index (χ3v) is 6.76. The summed E-state index contributed by atoms with van der Waals surface area (Å²) in [5.74, 6) is -1.47. The van der Waals surface area contributed by atoms with Crippen molar-refractivity contribution in [2.45, 2.75) is 80.0 Å². The first-order valence-corrected chi connectivity index (χ1v) is 14.3. The Hall–Kier alpha value is -3.76. The van der Waals surface area contributed by atoms with Crippen molar-refractivity contribution in [3.8, 4) is 11.5 Å². The SMILES string of the molecule is C[C@@H](C(=O)NCC(C)(C)NCC(O)c1ccc(OC(=O)C(C)(C)C)c(OC(=O)C(C)(C)C)c1)N(C)C(=O)c1ccccc1. The van der Waals surface area contributed by atoms with Crippen molar-refractivity contribution in [2.75, 3.05) is 20.1 Å². The van der Waals surface area contributed by atoms with Crippen LogP contribution < -0.4 is 20.1 Å². The number of β-amino-alcohol motifs (C(OH)–C–C–N with tert-alkyl or cyclic N) is 1. The zero-order chi connectivity index (χ0) is 32.8. The number of amides is 2. The Labute approximate surface area is 255 Å². The average Bonchev–Trinajstić information content (AvgIpc) is 2.93. The molecule has 2 aromatic rings. The Morgan fingerprint density at radius 2 is 1.37 bits per heavy atom. The lowest BCUT2D eigenvalue weighted by atomic mass is 9.97. The van der Waals surface area contributed by atoms with E-state index in [0.717, 1.165) is 0 Å². The van der Waals surface area contributed by atoms with Crippen molar-refractivity contribution in [1.82, 2.24) is 15.5 Å². The Kier molecular flexibility index (Phi) is 11.7. The van der Waals surface area contributed by atoms with Gasteiger partial charge in [0.1, 0.15) is 6.04 Å². The maximum absolute atomic E-state index is 12.8. The number of aliphatic hydroxyl groups excluding tert-OH is 1. The molecule has 0 fully saturated rings.